The first-order chi connectivity index (χ1) is 6.55. The summed E-state index contributed by atoms with van der Waals surface area (Å²) in [5.74, 6) is -5.91. The molecular formula is C7H10O8. The summed E-state index contributed by atoms with van der Waals surface area (Å²) in [6.45, 7) is 0.506. The maximum Gasteiger partial charge on any atom is 0.340 e. The molecule has 8 nitrogen and oxygen atoms in total. The summed E-state index contributed by atoms with van der Waals surface area (Å²) in [6.07, 6.45) is -1.43. The third-order valence-corrected chi connectivity index (χ3v) is 1.98. The number of aliphatic carboxylic acids is 3. The molecular weight excluding hydrogens is 212 g/mol. The van der Waals surface area contributed by atoms with Gasteiger partial charge < -0.3 is 25.5 Å². The summed E-state index contributed by atoms with van der Waals surface area (Å²) < 4.78 is 0. The first-order valence-corrected chi connectivity index (χ1v) is 3.69. The zero-order valence-corrected chi connectivity index (χ0v) is 7.67. The van der Waals surface area contributed by atoms with Crippen molar-refractivity contribution in [1.29, 1.82) is 0 Å². The van der Waals surface area contributed by atoms with Gasteiger partial charge in [-0.15, -0.1) is 0 Å². The molecule has 0 rings (SSSR count). The van der Waals surface area contributed by atoms with Gasteiger partial charge in [-0.3, -0.25) is 4.79 Å². The van der Waals surface area contributed by atoms with E-state index >= 15 is 0 Å². The number of hydrogen-bond acceptors (Lipinski definition) is 5. The van der Waals surface area contributed by atoms with Gasteiger partial charge in [-0.05, 0) is 6.92 Å². The fraction of sp³-hybridized carbons (Fsp3) is 0.571. The minimum atomic E-state index is -3.29. The molecule has 0 radical (unpaired) electrons. The third kappa shape index (κ3) is 2.22. The second-order valence-electron chi connectivity index (χ2n) is 3.11. The third-order valence-electron chi connectivity index (χ3n) is 1.98. The zero-order chi connectivity index (χ0) is 12.4. The van der Waals surface area contributed by atoms with E-state index in [4.69, 9.17) is 15.3 Å². The Morgan fingerprint density at radius 3 is 1.60 bits per heavy atom. The van der Waals surface area contributed by atoms with Crippen molar-refractivity contribution in [3.05, 3.63) is 0 Å². The van der Waals surface area contributed by atoms with Crippen LogP contribution in [0.1, 0.15) is 13.3 Å². The van der Waals surface area contributed by atoms with Gasteiger partial charge in [0.15, 0.2) is 5.60 Å². The molecule has 0 bridgehead atoms. The normalized spacial score (nSPS) is 18.6. The second kappa shape index (κ2) is 3.83. The lowest BCUT2D eigenvalue weighted by Crippen LogP contribution is -2.62. The van der Waals surface area contributed by atoms with Crippen molar-refractivity contribution in [1.82, 2.24) is 0 Å². The maximum atomic E-state index is 10.6. The van der Waals surface area contributed by atoms with Crippen LogP contribution in [-0.4, -0.2) is 54.6 Å². The van der Waals surface area contributed by atoms with Crippen LogP contribution in [0.15, 0.2) is 0 Å². The van der Waals surface area contributed by atoms with Crippen molar-refractivity contribution < 1.29 is 39.9 Å². The Kier molecular flexibility index (Phi) is 3.40. The molecule has 86 valence electrons. The molecule has 0 saturated carbocycles. The molecule has 2 atom stereocenters. The minimum absolute atomic E-state index is 0.506. The number of carboxylic acid groups (broad SMARTS) is 3. The van der Waals surface area contributed by atoms with Crippen LogP contribution in [0.5, 0.6) is 0 Å². The van der Waals surface area contributed by atoms with Crippen LogP contribution in [0.3, 0.4) is 0 Å². The van der Waals surface area contributed by atoms with E-state index in [1.807, 2.05) is 0 Å². The molecule has 0 aromatic carbocycles. The molecule has 0 aliphatic carbocycles. The van der Waals surface area contributed by atoms with Gasteiger partial charge in [-0.25, -0.2) is 9.59 Å². The van der Waals surface area contributed by atoms with Gasteiger partial charge in [-0.2, -0.15) is 0 Å². The Morgan fingerprint density at radius 2 is 1.40 bits per heavy atom. The Hall–Kier alpha value is -1.67. The first-order valence-electron chi connectivity index (χ1n) is 3.69. The lowest BCUT2D eigenvalue weighted by Gasteiger charge is -2.32. The lowest BCUT2D eigenvalue weighted by molar-refractivity contribution is -0.206. The molecule has 8 heteroatoms. The van der Waals surface area contributed by atoms with Crippen LogP contribution in [0, 0.1) is 0 Å². The van der Waals surface area contributed by atoms with Gasteiger partial charge in [0.1, 0.15) is 0 Å². The smallest absolute Gasteiger partial charge is 0.340 e. The molecule has 0 aliphatic rings. The summed E-state index contributed by atoms with van der Waals surface area (Å²) in [6, 6.07) is 0. The summed E-state index contributed by atoms with van der Waals surface area (Å²) in [4.78, 5) is 31.3. The highest BCUT2D eigenvalue weighted by molar-refractivity contribution is 5.93. The van der Waals surface area contributed by atoms with E-state index in [0.29, 0.717) is 6.92 Å². The number of carbonyl (C=O) groups is 3. The van der Waals surface area contributed by atoms with Gasteiger partial charge >= 0.3 is 17.9 Å². The van der Waals surface area contributed by atoms with Crippen molar-refractivity contribution in [3.8, 4) is 0 Å². The fourth-order valence-corrected chi connectivity index (χ4v) is 0.852. The SMILES string of the molecule is CC(O)(C(=O)O)C(O)(CC(=O)O)C(=O)O. The van der Waals surface area contributed by atoms with Gasteiger partial charge in [0.2, 0.25) is 5.60 Å². The van der Waals surface area contributed by atoms with E-state index in [-0.39, 0.29) is 0 Å². The van der Waals surface area contributed by atoms with Gasteiger partial charge in [0.05, 0.1) is 6.42 Å². The fourth-order valence-electron chi connectivity index (χ4n) is 0.852. The van der Waals surface area contributed by atoms with Crippen LogP contribution in [-0.2, 0) is 14.4 Å². The Balaban J connectivity index is 5.38. The Bertz CT molecular complexity index is 306. The summed E-state index contributed by atoms with van der Waals surface area (Å²) in [7, 11) is 0. The topological polar surface area (TPSA) is 152 Å². The van der Waals surface area contributed by atoms with Crippen molar-refractivity contribution in [2.24, 2.45) is 0 Å². The highest BCUT2D eigenvalue weighted by atomic mass is 16.5. The van der Waals surface area contributed by atoms with Gasteiger partial charge in [0.25, 0.3) is 0 Å². The number of hydrogen-bond donors (Lipinski definition) is 5. The molecule has 0 saturated heterocycles. The number of carboxylic acids is 3. The summed E-state index contributed by atoms with van der Waals surface area (Å²) in [5.41, 5.74) is -6.39. The average molecular weight is 222 g/mol. The van der Waals surface area contributed by atoms with E-state index in [1.54, 1.807) is 0 Å². The van der Waals surface area contributed by atoms with Crippen LogP contribution in [0.4, 0.5) is 0 Å². The molecule has 0 aromatic rings. The average Bonchev–Trinajstić information content (AvgIpc) is 2.01. The van der Waals surface area contributed by atoms with Crippen molar-refractivity contribution in [2.45, 2.75) is 24.5 Å². The van der Waals surface area contributed by atoms with Crippen molar-refractivity contribution in [3.63, 3.8) is 0 Å². The Morgan fingerprint density at radius 1 is 1.00 bits per heavy atom. The number of rotatable bonds is 5. The van der Waals surface area contributed by atoms with E-state index in [9.17, 15) is 24.6 Å². The molecule has 0 aromatic heterocycles. The predicted octanol–water partition coefficient (Wildman–Crippen LogP) is -1.89. The van der Waals surface area contributed by atoms with Crippen LogP contribution in [0.25, 0.3) is 0 Å². The highest BCUT2D eigenvalue weighted by Gasteiger charge is 2.58. The molecule has 2 unspecified atom stereocenters. The van der Waals surface area contributed by atoms with E-state index < -0.39 is 35.5 Å². The standard InChI is InChI=1S/C7H10O8/c1-6(14,4(10)11)7(15,5(12)13)2-3(8)9/h14-15H,2H2,1H3,(H,8,9)(H,10,11)(H,12,13). The quantitative estimate of drug-likeness (QED) is 0.362. The molecule has 0 fully saturated rings. The number of aliphatic hydroxyl groups is 2. The minimum Gasteiger partial charge on any atom is -0.481 e. The van der Waals surface area contributed by atoms with Crippen LogP contribution < -0.4 is 0 Å². The highest BCUT2D eigenvalue weighted by Crippen LogP contribution is 2.26. The molecule has 0 spiro atoms. The molecule has 0 aliphatic heterocycles. The zero-order valence-electron chi connectivity index (χ0n) is 7.67. The van der Waals surface area contributed by atoms with E-state index in [2.05, 4.69) is 0 Å². The lowest BCUT2D eigenvalue weighted by atomic mass is 9.81. The van der Waals surface area contributed by atoms with Crippen LogP contribution >= 0.6 is 0 Å². The summed E-state index contributed by atoms with van der Waals surface area (Å²) in [5, 5.41) is 43.9. The second-order valence-corrected chi connectivity index (χ2v) is 3.11. The first kappa shape index (κ1) is 13.3. The van der Waals surface area contributed by atoms with E-state index in [0.717, 1.165) is 0 Å². The van der Waals surface area contributed by atoms with Crippen molar-refractivity contribution >= 4 is 17.9 Å². The predicted molar refractivity (Wildman–Crippen MR) is 43.1 cm³/mol. The molecule has 5 N–H and O–H groups in total. The van der Waals surface area contributed by atoms with E-state index in [1.165, 1.54) is 0 Å². The molecule has 0 heterocycles. The Labute approximate surface area is 83.4 Å². The monoisotopic (exact) mass is 222 g/mol. The van der Waals surface area contributed by atoms with Crippen molar-refractivity contribution in [2.75, 3.05) is 0 Å². The maximum absolute atomic E-state index is 10.6. The van der Waals surface area contributed by atoms with Gasteiger partial charge in [0, 0.05) is 0 Å². The largest absolute Gasteiger partial charge is 0.481 e. The molecule has 15 heavy (non-hydrogen) atoms. The summed E-state index contributed by atoms with van der Waals surface area (Å²) >= 11 is 0. The van der Waals surface area contributed by atoms with Gasteiger partial charge in [-0.1, -0.05) is 0 Å². The van der Waals surface area contributed by atoms with Crippen LogP contribution in [0.2, 0.25) is 0 Å². The molecule has 0 amide bonds.